The van der Waals surface area contributed by atoms with E-state index in [1.54, 1.807) is 0 Å². The van der Waals surface area contributed by atoms with E-state index < -0.39 is 0 Å². The van der Waals surface area contributed by atoms with Crippen molar-refractivity contribution in [2.24, 2.45) is 0 Å². The van der Waals surface area contributed by atoms with Crippen molar-refractivity contribution in [1.29, 1.82) is 5.26 Å². The van der Waals surface area contributed by atoms with E-state index in [0.717, 1.165) is 6.54 Å². The van der Waals surface area contributed by atoms with Crippen LogP contribution in [-0.2, 0) is 0 Å². The number of nitriles is 1. The maximum atomic E-state index is 8.60. The second-order valence-corrected chi connectivity index (χ2v) is 5.87. The molecule has 1 unspecified atom stereocenters. The number of nitrogens with one attached hydrogen (secondary N) is 1. The smallest absolute Gasteiger partial charge is 0.0638 e. The van der Waals surface area contributed by atoms with Crippen LogP contribution in [0.1, 0.15) is 45.4 Å². The van der Waals surface area contributed by atoms with E-state index >= 15 is 0 Å². The predicted molar refractivity (Wildman–Crippen MR) is 67.0 cm³/mol. The van der Waals surface area contributed by atoms with Gasteiger partial charge < -0.3 is 5.32 Å². The van der Waals surface area contributed by atoms with Crippen molar-refractivity contribution in [3.8, 4) is 6.07 Å². The predicted octanol–water partition coefficient (Wildman–Crippen LogP) is 2.94. The monoisotopic (exact) mass is 226 g/mol. The van der Waals surface area contributed by atoms with E-state index in [4.69, 9.17) is 5.26 Å². The highest BCUT2D eigenvalue weighted by atomic mass is 32.2. The van der Waals surface area contributed by atoms with Gasteiger partial charge in [-0.15, -0.1) is 0 Å². The molecule has 0 amide bonds. The van der Waals surface area contributed by atoms with Crippen LogP contribution in [0.3, 0.4) is 0 Å². The van der Waals surface area contributed by atoms with Gasteiger partial charge in [0.25, 0.3) is 0 Å². The summed E-state index contributed by atoms with van der Waals surface area (Å²) in [6.45, 7) is 3.16. The number of hydrogen-bond acceptors (Lipinski definition) is 3. The molecule has 1 aliphatic rings. The summed E-state index contributed by atoms with van der Waals surface area (Å²) < 4.78 is 0.446. The fourth-order valence-electron chi connectivity index (χ4n) is 2.22. The summed E-state index contributed by atoms with van der Waals surface area (Å²) in [4.78, 5) is 0. The Bertz CT molecular complexity index is 216. The van der Waals surface area contributed by atoms with Crippen LogP contribution in [0.25, 0.3) is 0 Å². The first-order chi connectivity index (χ1) is 7.22. The van der Waals surface area contributed by atoms with Gasteiger partial charge >= 0.3 is 0 Å². The lowest BCUT2D eigenvalue weighted by molar-refractivity contribution is 0.366. The summed E-state index contributed by atoms with van der Waals surface area (Å²) in [6, 6.07) is 2.55. The van der Waals surface area contributed by atoms with Crippen molar-refractivity contribution in [1.82, 2.24) is 5.32 Å². The molecular weight excluding hydrogens is 204 g/mol. The summed E-state index contributed by atoms with van der Waals surface area (Å²) in [6.07, 6.45) is 9.65. The van der Waals surface area contributed by atoms with Gasteiger partial charge in [0.15, 0.2) is 0 Å². The second-order valence-electron chi connectivity index (χ2n) is 4.59. The molecule has 0 radical (unpaired) electrons. The van der Waals surface area contributed by atoms with Crippen LogP contribution in [0.4, 0.5) is 0 Å². The van der Waals surface area contributed by atoms with Gasteiger partial charge in [-0.3, -0.25) is 0 Å². The fraction of sp³-hybridized carbons (Fsp3) is 0.917. The molecule has 1 rings (SSSR count). The Morgan fingerprint density at radius 2 is 2.07 bits per heavy atom. The van der Waals surface area contributed by atoms with E-state index in [0.29, 0.717) is 17.2 Å². The molecule has 3 heteroatoms. The quantitative estimate of drug-likeness (QED) is 0.783. The molecule has 1 N–H and O–H groups in total. The van der Waals surface area contributed by atoms with E-state index in [1.807, 2.05) is 11.8 Å². The largest absolute Gasteiger partial charge is 0.312 e. The zero-order valence-electron chi connectivity index (χ0n) is 9.88. The number of thioether (sulfide) groups is 1. The molecule has 15 heavy (non-hydrogen) atoms. The zero-order valence-corrected chi connectivity index (χ0v) is 10.7. The molecule has 0 aliphatic heterocycles. The third-order valence-corrected chi connectivity index (χ3v) is 4.79. The first-order valence-corrected chi connectivity index (χ1v) is 7.10. The average molecular weight is 226 g/mol. The number of rotatable bonds is 5. The maximum absolute atomic E-state index is 8.60. The van der Waals surface area contributed by atoms with Gasteiger partial charge in [-0.1, -0.05) is 19.3 Å². The molecule has 0 aromatic carbocycles. The lowest BCUT2D eigenvalue weighted by Gasteiger charge is -2.36. The minimum Gasteiger partial charge on any atom is -0.312 e. The van der Waals surface area contributed by atoms with E-state index in [2.05, 4.69) is 24.6 Å². The molecule has 0 saturated heterocycles. The van der Waals surface area contributed by atoms with E-state index in [9.17, 15) is 0 Å². The summed E-state index contributed by atoms with van der Waals surface area (Å²) in [5.74, 6) is 0. The van der Waals surface area contributed by atoms with Crippen LogP contribution in [-0.4, -0.2) is 23.6 Å². The standard InChI is InChI=1S/C12H22N2S/c1-11(6-9-13)14-10-12(15-2)7-4-3-5-8-12/h11,14H,3-8,10H2,1-2H3. The Morgan fingerprint density at radius 3 is 2.60 bits per heavy atom. The summed E-state index contributed by atoms with van der Waals surface area (Å²) in [5.41, 5.74) is 0. The zero-order chi connectivity index (χ0) is 11.1. The SMILES string of the molecule is CSC1(CNC(C)CC#N)CCCCC1. The van der Waals surface area contributed by atoms with Crippen molar-refractivity contribution in [3.05, 3.63) is 0 Å². The van der Waals surface area contributed by atoms with Gasteiger partial charge in [-0.05, 0) is 26.0 Å². The second kappa shape index (κ2) is 6.40. The van der Waals surface area contributed by atoms with Crippen molar-refractivity contribution in [3.63, 3.8) is 0 Å². The third-order valence-electron chi connectivity index (χ3n) is 3.37. The molecule has 1 atom stereocenters. The summed E-state index contributed by atoms with van der Waals surface area (Å²) in [5, 5.41) is 12.1. The molecule has 0 spiro atoms. The lowest BCUT2D eigenvalue weighted by atomic mass is 9.88. The lowest BCUT2D eigenvalue weighted by Crippen LogP contribution is -2.42. The topological polar surface area (TPSA) is 35.8 Å². The van der Waals surface area contributed by atoms with Crippen LogP contribution in [0.2, 0.25) is 0 Å². The highest BCUT2D eigenvalue weighted by Gasteiger charge is 2.30. The van der Waals surface area contributed by atoms with Crippen LogP contribution in [0.15, 0.2) is 0 Å². The van der Waals surface area contributed by atoms with Crippen LogP contribution in [0.5, 0.6) is 0 Å². The Kier molecular flexibility index (Phi) is 5.49. The van der Waals surface area contributed by atoms with Crippen LogP contribution < -0.4 is 5.32 Å². The van der Waals surface area contributed by atoms with Gasteiger partial charge in [0.05, 0.1) is 12.5 Å². The molecule has 2 nitrogen and oxygen atoms in total. The number of hydrogen-bond donors (Lipinski definition) is 1. The average Bonchev–Trinajstić information content (AvgIpc) is 2.28. The normalized spacial score (nSPS) is 21.9. The molecule has 0 bridgehead atoms. The van der Waals surface area contributed by atoms with E-state index in [-0.39, 0.29) is 0 Å². The van der Waals surface area contributed by atoms with Crippen molar-refractivity contribution >= 4 is 11.8 Å². The fourth-order valence-corrected chi connectivity index (χ4v) is 3.14. The molecule has 0 aromatic heterocycles. The first-order valence-electron chi connectivity index (χ1n) is 5.88. The Labute approximate surface area is 97.8 Å². The minimum atomic E-state index is 0.334. The minimum absolute atomic E-state index is 0.334. The van der Waals surface area contributed by atoms with Crippen molar-refractivity contribution < 1.29 is 0 Å². The molecule has 1 aliphatic carbocycles. The number of nitrogens with zero attached hydrogens (tertiary/aromatic N) is 1. The molecular formula is C12H22N2S. The molecule has 0 aromatic rings. The van der Waals surface area contributed by atoms with Crippen LogP contribution >= 0.6 is 11.8 Å². The Hall–Kier alpha value is -0.200. The van der Waals surface area contributed by atoms with Crippen LogP contribution in [0, 0.1) is 11.3 Å². The van der Waals surface area contributed by atoms with Gasteiger partial charge in [0, 0.05) is 17.3 Å². The van der Waals surface area contributed by atoms with Gasteiger partial charge in [0.2, 0.25) is 0 Å². The van der Waals surface area contributed by atoms with Crippen molar-refractivity contribution in [2.75, 3.05) is 12.8 Å². The van der Waals surface area contributed by atoms with E-state index in [1.165, 1.54) is 32.1 Å². The Morgan fingerprint density at radius 1 is 1.40 bits per heavy atom. The molecule has 86 valence electrons. The van der Waals surface area contributed by atoms with Gasteiger partial charge in [-0.25, -0.2) is 0 Å². The molecule has 1 fully saturated rings. The highest BCUT2D eigenvalue weighted by Crippen LogP contribution is 2.37. The molecule has 1 saturated carbocycles. The molecule has 0 heterocycles. The summed E-state index contributed by atoms with van der Waals surface area (Å²) >= 11 is 2.01. The maximum Gasteiger partial charge on any atom is 0.0638 e. The van der Waals surface area contributed by atoms with Gasteiger partial charge in [0.1, 0.15) is 0 Å². The summed E-state index contributed by atoms with van der Waals surface area (Å²) in [7, 11) is 0. The highest BCUT2D eigenvalue weighted by molar-refractivity contribution is 8.00. The third kappa shape index (κ3) is 4.04. The van der Waals surface area contributed by atoms with Gasteiger partial charge in [-0.2, -0.15) is 17.0 Å². The Balaban J connectivity index is 2.36. The van der Waals surface area contributed by atoms with Crippen molar-refractivity contribution in [2.45, 2.75) is 56.2 Å². The first kappa shape index (κ1) is 12.9.